The predicted octanol–water partition coefficient (Wildman–Crippen LogP) is 7.83. The number of fused-ring (bicyclic) bond motifs is 3. The highest BCUT2D eigenvalue weighted by Gasteiger charge is 2.54. The molecule has 47 heavy (non-hydrogen) atoms. The second-order valence-electron chi connectivity index (χ2n) is 17.3. The molecule has 2 aromatic heterocycles. The summed E-state index contributed by atoms with van der Waals surface area (Å²) in [7, 11) is -0.886. The molecule has 3 aromatic rings. The average molecular weight is 682 g/mol. The van der Waals surface area contributed by atoms with Gasteiger partial charge in [-0.1, -0.05) is 46.2 Å². The minimum Gasteiger partial charge on any atom is -0.443 e. The molecule has 0 radical (unpaired) electrons. The molecule has 1 fully saturated rings. The van der Waals surface area contributed by atoms with E-state index < -0.39 is 27.8 Å². The summed E-state index contributed by atoms with van der Waals surface area (Å²) in [5.41, 5.74) is 5.14. The van der Waals surface area contributed by atoms with Crippen molar-refractivity contribution in [3.05, 3.63) is 29.0 Å². The molecule has 2 aliphatic rings. The number of aldehydes is 1. The van der Waals surface area contributed by atoms with E-state index in [4.69, 9.17) is 24.3 Å². The monoisotopic (exact) mass is 681 g/mol. The lowest BCUT2D eigenvalue weighted by Crippen LogP contribution is -2.34. The average Bonchev–Trinajstić information content (AvgIpc) is 3.31. The van der Waals surface area contributed by atoms with Gasteiger partial charge in [0.2, 0.25) is 0 Å². The highest BCUT2D eigenvalue weighted by Crippen LogP contribution is 2.60. The van der Waals surface area contributed by atoms with Crippen LogP contribution in [-0.4, -0.2) is 73.7 Å². The predicted molar refractivity (Wildman–Crippen MR) is 193 cm³/mol. The highest BCUT2D eigenvalue weighted by atomic mass is 28.3. The maximum absolute atomic E-state index is 13.0. The Balaban J connectivity index is 1.59. The van der Waals surface area contributed by atoms with E-state index in [1.807, 2.05) is 36.1 Å². The zero-order valence-corrected chi connectivity index (χ0v) is 32.5. The third-order valence-electron chi connectivity index (χ3n) is 9.41. The van der Waals surface area contributed by atoms with Gasteiger partial charge in [0.1, 0.15) is 24.8 Å². The van der Waals surface area contributed by atoms with Crippen LogP contribution in [0.4, 0.5) is 10.5 Å². The van der Waals surface area contributed by atoms with Crippen LogP contribution in [0.1, 0.15) is 55.7 Å². The lowest BCUT2D eigenvalue weighted by molar-refractivity contribution is 0.0589. The number of benzene rings is 1. The van der Waals surface area contributed by atoms with Crippen molar-refractivity contribution in [3.8, 4) is 11.5 Å². The molecule has 1 aromatic carbocycles. The van der Waals surface area contributed by atoms with E-state index in [-0.39, 0.29) is 6.73 Å². The molecule has 0 spiro atoms. The molecule has 258 valence electrons. The van der Waals surface area contributed by atoms with E-state index in [0.717, 1.165) is 43.5 Å². The molecular formula is C35H55N5O5Si2. The number of anilines is 1. The summed E-state index contributed by atoms with van der Waals surface area (Å²) in [5, 5.41) is 5.19. The molecule has 2 atom stereocenters. The Morgan fingerprint density at radius 3 is 2.30 bits per heavy atom. The van der Waals surface area contributed by atoms with Gasteiger partial charge in [0.15, 0.2) is 12.1 Å². The van der Waals surface area contributed by atoms with E-state index in [9.17, 15) is 9.59 Å². The Morgan fingerprint density at radius 1 is 1.06 bits per heavy atom. The third kappa shape index (κ3) is 8.26. The SMILES string of the molecule is CN(C(=O)OC(C)(C)C)c1cc(C=O)c2nc(-c3nn(COCC[Si](C)(C)C)c4c3C[C@@H]3C[C@]3(C)C4)n(COCC[Si](C)(C)C)c2c1. The van der Waals surface area contributed by atoms with Crippen LogP contribution < -0.4 is 4.90 Å². The van der Waals surface area contributed by atoms with Crippen molar-refractivity contribution in [2.24, 2.45) is 11.3 Å². The first kappa shape index (κ1) is 35.5. The molecule has 0 aliphatic heterocycles. The number of imidazole rings is 1. The quantitative estimate of drug-likeness (QED) is 0.103. The molecule has 5 rings (SSSR count). The van der Waals surface area contributed by atoms with Crippen molar-refractivity contribution in [2.45, 2.75) is 117 Å². The summed E-state index contributed by atoms with van der Waals surface area (Å²) in [6.07, 6.45) is 3.43. The van der Waals surface area contributed by atoms with Crippen molar-refractivity contribution >= 4 is 45.2 Å². The molecule has 0 N–H and O–H groups in total. The van der Waals surface area contributed by atoms with Crippen molar-refractivity contribution in [1.29, 1.82) is 0 Å². The van der Waals surface area contributed by atoms with Crippen LogP contribution in [0.5, 0.6) is 0 Å². The van der Waals surface area contributed by atoms with Crippen molar-refractivity contribution in [2.75, 3.05) is 25.2 Å². The standard InChI is InChI=1S/C35H55N5O5Si2/c1-34(2,3)45-33(42)38(5)26-16-24(21-41)30-28(18-26)39(22-43-12-14-46(6,7)8)32(36-30)31-27-17-25-19-35(25,4)20-29(27)40(37-31)23-44-13-15-47(9,10)11/h16,18,21,25H,12-15,17,19-20,22-23H2,1-11H3/t25-,35-/m1/s1. The molecule has 1 amide bonds. The van der Waals surface area contributed by atoms with E-state index >= 15 is 0 Å². The molecule has 2 heterocycles. The lowest BCUT2D eigenvalue weighted by Gasteiger charge is -2.25. The number of amides is 1. The number of hydrogen-bond donors (Lipinski definition) is 0. The number of rotatable bonds is 13. The van der Waals surface area contributed by atoms with E-state index in [1.165, 1.54) is 22.6 Å². The fraction of sp³-hybridized carbons (Fsp3) is 0.657. The number of nitrogens with zero attached hydrogens (tertiary/aromatic N) is 5. The normalized spacial score (nSPS) is 19.4. The maximum Gasteiger partial charge on any atom is 0.414 e. The fourth-order valence-corrected chi connectivity index (χ4v) is 7.74. The van der Waals surface area contributed by atoms with Crippen LogP contribution in [0.25, 0.3) is 22.6 Å². The summed E-state index contributed by atoms with van der Waals surface area (Å²) in [4.78, 5) is 32.1. The summed E-state index contributed by atoms with van der Waals surface area (Å²) < 4.78 is 22.3. The Labute approximate surface area is 282 Å². The van der Waals surface area contributed by atoms with Crippen LogP contribution in [0.15, 0.2) is 12.1 Å². The number of carbonyl (C=O) groups is 2. The van der Waals surface area contributed by atoms with Gasteiger partial charge >= 0.3 is 6.09 Å². The first-order chi connectivity index (χ1) is 21.8. The zero-order valence-electron chi connectivity index (χ0n) is 30.5. The molecule has 2 aliphatic carbocycles. The fourth-order valence-electron chi connectivity index (χ4n) is 6.23. The summed E-state index contributed by atoms with van der Waals surface area (Å²) in [6, 6.07) is 5.72. The van der Waals surface area contributed by atoms with Gasteiger partial charge in [-0.05, 0) is 75.6 Å². The Bertz CT molecular complexity index is 1640. The van der Waals surface area contributed by atoms with Crippen LogP contribution in [0.2, 0.25) is 51.4 Å². The van der Waals surface area contributed by atoms with Gasteiger partial charge in [-0.3, -0.25) is 14.3 Å². The second-order valence-corrected chi connectivity index (χ2v) is 28.6. The molecule has 1 saturated carbocycles. The highest BCUT2D eigenvalue weighted by molar-refractivity contribution is 6.76. The van der Waals surface area contributed by atoms with Crippen LogP contribution >= 0.6 is 0 Å². The molecular weight excluding hydrogens is 627 g/mol. The number of aromatic nitrogens is 4. The molecule has 0 unspecified atom stereocenters. The van der Waals surface area contributed by atoms with Crippen molar-refractivity contribution in [3.63, 3.8) is 0 Å². The Hall–Kier alpha value is -2.81. The van der Waals surface area contributed by atoms with E-state index in [0.29, 0.717) is 52.8 Å². The smallest absolute Gasteiger partial charge is 0.414 e. The zero-order chi connectivity index (χ0) is 34.5. The van der Waals surface area contributed by atoms with Gasteiger partial charge in [-0.2, -0.15) is 5.10 Å². The first-order valence-electron chi connectivity index (χ1n) is 17.0. The van der Waals surface area contributed by atoms with Gasteiger partial charge in [0.05, 0.1) is 11.0 Å². The summed E-state index contributed by atoms with van der Waals surface area (Å²) in [5.74, 6) is 1.30. The maximum atomic E-state index is 13.0. The van der Waals surface area contributed by atoms with Gasteiger partial charge in [0, 0.05) is 58.9 Å². The van der Waals surface area contributed by atoms with Gasteiger partial charge in [-0.25, -0.2) is 14.5 Å². The van der Waals surface area contributed by atoms with Crippen LogP contribution in [0.3, 0.4) is 0 Å². The van der Waals surface area contributed by atoms with E-state index in [1.54, 1.807) is 13.1 Å². The first-order valence-corrected chi connectivity index (χ1v) is 24.4. The number of carbonyl (C=O) groups excluding carboxylic acids is 2. The molecule has 12 heteroatoms. The molecule has 10 nitrogen and oxygen atoms in total. The van der Waals surface area contributed by atoms with Gasteiger partial charge in [0.25, 0.3) is 0 Å². The van der Waals surface area contributed by atoms with Crippen molar-refractivity contribution < 1.29 is 23.8 Å². The minimum atomic E-state index is -1.32. The lowest BCUT2D eigenvalue weighted by atomic mass is 9.87. The molecule has 0 saturated heterocycles. The summed E-state index contributed by atoms with van der Waals surface area (Å²) >= 11 is 0. The molecule has 0 bridgehead atoms. The van der Waals surface area contributed by atoms with Gasteiger partial charge in [-0.15, -0.1) is 0 Å². The topological polar surface area (TPSA) is 101 Å². The number of hydrogen-bond acceptors (Lipinski definition) is 7. The Morgan fingerprint density at radius 2 is 1.70 bits per heavy atom. The second kappa shape index (κ2) is 12.9. The largest absolute Gasteiger partial charge is 0.443 e. The van der Waals surface area contributed by atoms with Crippen LogP contribution in [0, 0.1) is 11.3 Å². The number of ether oxygens (including phenoxy) is 3. The summed E-state index contributed by atoms with van der Waals surface area (Å²) in [6.45, 7) is 24.0. The minimum absolute atomic E-state index is 0.254. The third-order valence-corrected chi connectivity index (χ3v) is 12.8. The Kier molecular flexibility index (Phi) is 9.75. The van der Waals surface area contributed by atoms with Crippen LogP contribution in [-0.2, 0) is 40.5 Å². The van der Waals surface area contributed by atoms with Gasteiger partial charge < -0.3 is 14.2 Å². The van der Waals surface area contributed by atoms with Crippen molar-refractivity contribution in [1.82, 2.24) is 19.3 Å². The van der Waals surface area contributed by atoms with E-state index in [2.05, 4.69) is 46.2 Å².